The van der Waals surface area contributed by atoms with Crippen LogP contribution in [0.25, 0.3) is 0 Å². The number of phenols is 1. The van der Waals surface area contributed by atoms with E-state index in [0.29, 0.717) is 11.4 Å². The van der Waals surface area contributed by atoms with E-state index in [2.05, 4.69) is 5.10 Å². The van der Waals surface area contributed by atoms with Gasteiger partial charge in [0.05, 0.1) is 5.02 Å². The molecule has 0 bridgehead atoms. The van der Waals surface area contributed by atoms with Gasteiger partial charge in [-0.05, 0) is 6.07 Å². The van der Waals surface area contributed by atoms with Crippen molar-refractivity contribution in [1.82, 2.24) is 0 Å². The maximum Gasteiger partial charge on any atom is 0.137 e. The first-order chi connectivity index (χ1) is 5.75. The van der Waals surface area contributed by atoms with E-state index in [9.17, 15) is 5.11 Å². The molecule has 0 fully saturated rings. The van der Waals surface area contributed by atoms with E-state index in [-0.39, 0.29) is 5.75 Å². The molecule has 12 heavy (non-hydrogen) atoms. The van der Waals surface area contributed by atoms with Gasteiger partial charge in [-0.1, -0.05) is 23.7 Å². The fraction of sp³-hybridized carbons (Fsp3) is 0.125. The fourth-order valence-corrected chi connectivity index (χ4v) is 1.07. The molecule has 4 heteroatoms. The summed E-state index contributed by atoms with van der Waals surface area (Å²) >= 11 is 5.67. The van der Waals surface area contributed by atoms with E-state index >= 15 is 0 Å². The lowest BCUT2D eigenvalue weighted by atomic mass is 10.1. The van der Waals surface area contributed by atoms with Gasteiger partial charge in [0.15, 0.2) is 0 Å². The minimum absolute atomic E-state index is 0.0964. The van der Waals surface area contributed by atoms with E-state index in [4.69, 9.17) is 17.4 Å². The average molecular weight is 185 g/mol. The van der Waals surface area contributed by atoms with E-state index in [1.165, 1.54) is 6.21 Å². The van der Waals surface area contributed by atoms with Crippen LogP contribution in [0, 0.1) is 0 Å². The molecule has 0 unspecified atom stereocenters. The summed E-state index contributed by atoms with van der Waals surface area (Å²) in [7, 11) is 0. The predicted molar refractivity (Wildman–Crippen MR) is 49.5 cm³/mol. The third-order valence-electron chi connectivity index (χ3n) is 1.49. The van der Waals surface area contributed by atoms with Crippen LogP contribution < -0.4 is 5.84 Å². The van der Waals surface area contributed by atoms with Crippen molar-refractivity contribution >= 4 is 17.8 Å². The van der Waals surface area contributed by atoms with Gasteiger partial charge in [0.2, 0.25) is 0 Å². The second-order valence-corrected chi connectivity index (χ2v) is 2.69. The Balaban J connectivity index is 2.92. The van der Waals surface area contributed by atoms with Gasteiger partial charge in [-0.3, -0.25) is 0 Å². The van der Waals surface area contributed by atoms with Crippen LogP contribution in [0.2, 0.25) is 5.02 Å². The highest BCUT2D eigenvalue weighted by molar-refractivity contribution is 6.32. The predicted octanol–water partition coefficient (Wildman–Crippen LogP) is 1.53. The van der Waals surface area contributed by atoms with Gasteiger partial charge in [0.25, 0.3) is 0 Å². The molecule has 1 rings (SSSR count). The Morgan fingerprint density at radius 3 is 3.00 bits per heavy atom. The number of para-hydroxylation sites is 1. The smallest absolute Gasteiger partial charge is 0.137 e. The highest BCUT2D eigenvalue weighted by Gasteiger charge is 2.02. The Morgan fingerprint density at radius 2 is 2.33 bits per heavy atom. The first kappa shape index (κ1) is 8.87. The largest absolute Gasteiger partial charge is 0.506 e. The number of aromatic hydroxyl groups is 1. The standard InChI is InChI=1S/C8H9ClN2O/c9-7-3-1-2-6(8(7)12)4-5-11-10/h1-3,5,12H,4,10H2. The lowest BCUT2D eigenvalue weighted by Crippen LogP contribution is -1.90. The van der Waals surface area contributed by atoms with Crippen molar-refractivity contribution < 1.29 is 5.11 Å². The van der Waals surface area contributed by atoms with E-state index in [0.717, 1.165) is 5.56 Å². The van der Waals surface area contributed by atoms with E-state index in [1.54, 1.807) is 18.2 Å². The van der Waals surface area contributed by atoms with Crippen molar-refractivity contribution in [2.45, 2.75) is 6.42 Å². The van der Waals surface area contributed by atoms with Crippen LogP contribution in [0.1, 0.15) is 5.56 Å². The molecule has 0 aliphatic carbocycles. The molecule has 0 saturated carbocycles. The topological polar surface area (TPSA) is 58.6 Å². The summed E-state index contributed by atoms with van der Waals surface area (Å²) in [6, 6.07) is 5.16. The lowest BCUT2D eigenvalue weighted by Gasteiger charge is -2.01. The highest BCUT2D eigenvalue weighted by atomic mass is 35.5. The molecule has 3 N–H and O–H groups in total. The van der Waals surface area contributed by atoms with Crippen LogP contribution in [0.5, 0.6) is 5.75 Å². The molecule has 0 saturated heterocycles. The highest BCUT2D eigenvalue weighted by Crippen LogP contribution is 2.26. The molecular formula is C8H9ClN2O. The number of nitrogens with zero attached hydrogens (tertiary/aromatic N) is 1. The molecular weight excluding hydrogens is 176 g/mol. The fourth-order valence-electron chi connectivity index (χ4n) is 0.876. The van der Waals surface area contributed by atoms with Crippen LogP contribution in [0.15, 0.2) is 23.3 Å². The van der Waals surface area contributed by atoms with E-state index in [1.807, 2.05) is 0 Å². The van der Waals surface area contributed by atoms with Gasteiger partial charge in [-0.25, -0.2) is 0 Å². The number of hydrazone groups is 1. The second kappa shape index (κ2) is 3.97. The van der Waals surface area contributed by atoms with Gasteiger partial charge < -0.3 is 10.9 Å². The summed E-state index contributed by atoms with van der Waals surface area (Å²) in [5.41, 5.74) is 0.719. The number of nitrogens with two attached hydrogens (primary N) is 1. The summed E-state index contributed by atoms with van der Waals surface area (Å²) in [6.07, 6.45) is 1.99. The van der Waals surface area contributed by atoms with Gasteiger partial charge in [-0.2, -0.15) is 5.10 Å². The van der Waals surface area contributed by atoms with Crippen molar-refractivity contribution in [3.05, 3.63) is 28.8 Å². The molecule has 0 aromatic heterocycles. The number of hydrogen-bond acceptors (Lipinski definition) is 3. The minimum atomic E-state index is 0.0964. The van der Waals surface area contributed by atoms with Crippen molar-refractivity contribution in [2.75, 3.05) is 0 Å². The van der Waals surface area contributed by atoms with Crippen molar-refractivity contribution in [3.63, 3.8) is 0 Å². The van der Waals surface area contributed by atoms with Crippen LogP contribution in [0.4, 0.5) is 0 Å². The molecule has 0 aliphatic heterocycles. The molecule has 0 heterocycles. The van der Waals surface area contributed by atoms with Gasteiger partial charge >= 0.3 is 0 Å². The zero-order valence-corrected chi connectivity index (χ0v) is 7.12. The Kier molecular flexibility index (Phi) is 2.94. The first-order valence-corrected chi connectivity index (χ1v) is 3.81. The quantitative estimate of drug-likeness (QED) is 0.416. The molecule has 1 aromatic rings. The van der Waals surface area contributed by atoms with Crippen LogP contribution >= 0.6 is 11.6 Å². The second-order valence-electron chi connectivity index (χ2n) is 2.28. The summed E-state index contributed by atoms with van der Waals surface area (Å²) < 4.78 is 0. The molecule has 64 valence electrons. The minimum Gasteiger partial charge on any atom is -0.506 e. The monoisotopic (exact) mass is 184 g/mol. The molecule has 0 spiro atoms. The number of hydrogen-bond donors (Lipinski definition) is 2. The molecule has 1 aromatic carbocycles. The zero-order chi connectivity index (χ0) is 8.97. The summed E-state index contributed by atoms with van der Waals surface area (Å²) in [6.45, 7) is 0. The van der Waals surface area contributed by atoms with Crippen LogP contribution in [-0.2, 0) is 6.42 Å². The lowest BCUT2D eigenvalue weighted by molar-refractivity contribution is 0.470. The van der Waals surface area contributed by atoms with Gasteiger partial charge in [-0.15, -0.1) is 0 Å². The van der Waals surface area contributed by atoms with Gasteiger partial charge in [0.1, 0.15) is 5.75 Å². The number of phenolic OH excluding ortho intramolecular Hbond substituents is 1. The molecule has 3 nitrogen and oxygen atoms in total. The third kappa shape index (κ3) is 1.89. The zero-order valence-electron chi connectivity index (χ0n) is 6.37. The molecule has 0 amide bonds. The normalized spacial score (nSPS) is 10.8. The van der Waals surface area contributed by atoms with Crippen LogP contribution in [-0.4, -0.2) is 11.3 Å². The van der Waals surface area contributed by atoms with Gasteiger partial charge in [0, 0.05) is 18.2 Å². The molecule has 0 radical (unpaired) electrons. The Morgan fingerprint density at radius 1 is 1.58 bits per heavy atom. The SMILES string of the molecule is NN=CCc1cccc(Cl)c1O. The Hall–Kier alpha value is -1.22. The summed E-state index contributed by atoms with van der Waals surface area (Å²) in [5.74, 6) is 5.02. The first-order valence-electron chi connectivity index (χ1n) is 3.43. The maximum atomic E-state index is 9.39. The molecule has 0 aliphatic rings. The maximum absolute atomic E-state index is 9.39. The van der Waals surface area contributed by atoms with Crippen molar-refractivity contribution in [3.8, 4) is 5.75 Å². The van der Waals surface area contributed by atoms with E-state index < -0.39 is 0 Å². The number of halogens is 1. The number of benzene rings is 1. The summed E-state index contributed by atoms with van der Waals surface area (Å²) in [4.78, 5) is 0. The Labute approximate surface area is 75.5 Å². The average Bonchev–Trinajstić information content (AvgIpc) is 2.08. The Bertz CT molecular complexity index is 299. The third-order valence-corrected chi connectivity index (χ3v) is 1.79. The van der Waals surface area contributed by atoms with Crippen molar-refractivity contribution in [1.29, 1.82) is 0 Å². The molecule has 0 atom stereocenters. The van der Waals surface area contributed by atoms with Crippen LogP contribution in [0.3, 0.4) is 0 Å². The summed E-state index contributed by atoms with van der Waals surface area (Å²) in [5, 5.41) is 13.1. The van der Waals surface area contributed by atoms with Crippen molar-refractivity contribution in [2.24, 2.45) is 10.9 Å². The number of rotatable bonds is 2.